The van der Waals surface area contributed by atoms with Gasteiger partial charge in [0.1, 0.15) is 17.5 Å². The first kappa shape index (κ1) is 28.1. The van der Waals surface area contributed by atoms with Crippen molar-refractivity contribution < 1.29 is 46.4 Å². The topological polar surface area (TPSA) is 84.5 Å². The van der Waals surface area contributed by atoms with E-state index in [0.717, 1.165) is 28.3 Å². The fraction of sp³-hybridized carbons (Fsp3) is 0.375. The Kier molecular flexibility index (Phi) is 9.52. The summed E-state index contributed by atoms with van der Waals surface area (Å²) in [5, 5.41) is 7.12. The van der Waals surface area contributed by atoms with Crippen molar-refractivity contribution in [2.75, 3.05) is 35.4 Å². The highest BCUT2D eigenvalue weighted by Gasteiger charge is 2.30. The lowest BCUT2D eigenvalue weighted by Crippen LogP contribution is -3.00. The number of halogens is 1. The minimum absolute atomic E-state index is 0. The van der Waals surface area contributed by atoms with Gasteiger partial charge in [-0.1, -0.05) is 24.3 Å². The number of benzene rings is 2. The fourth-order valence-electron chi connectivity index (χ4n) is 3.31. The Hall–Kier alpha value is -2.15. The standard InChI is InChI=1S/C24H33N4O4S.HI/c1-18(28(2,3)4)23-15-24(26-25-23)33(29,30)27(16-19-7-11-21(31-5)12-8-19)17-20-9-13-22(32-6)14-10-20;/h7-15,18H,16-17H2,1-6H3,(H,25,26);1H/q+1;/p-1. The van der Waals surface area contributed by atoms with Crippen molar-refractivity contribution in [1.29, 1.82) is 0 Å². The summed E-state index contributed by atoms with van der Waals surface area (Å²) in [6, 6.07) is 16.4. The van der Waals surface area contributed by atoms with Crippen molar-refractivity contribution in [1.82, 2.24) is 14.5 Å². The first-order chi connectivity index (χ1) is 15.5. The summed E-state index contributed by atoms with van der Waals surface area (Å²) in [6.07, 6.45) is 0. The van der Waals surface area contributed by atoms with Crippen LogP contribution in [0.5, 0.6) is 11.5 Å². The van der Waals surface area contributed by atoms with Crippen LogP contribution in [0.3, 0.4) is 0 Å². The summed E-state index contributed by atoms with van der Waals surface area (Å²) in [6.45, 7) is 2.44. The second-order valence-corrected chi connectivity index (χ2v) is 10.8. The number of ether oxygens (including phenoxy) is 2. The van der Waals surface area contributed by atoms with Gasteiger partial charge in [0.15, 0.2) is 5.03 Å². The van der Waals surface area contributed by atoms with Gasteiger partial charge < -0.3 is 37.9 Å². The van der Waals surface area contributed by atoms with E-state index in [9.17, 15) is 8.42 Å². The molecule has 1 atom stereocenters. The molecule has 0 saturated carbocycles. The minimum Gasteiger partial charge on any atom is -1.00 e. The zero-order valence-electron chi connectivity index (χ0n) is 20.4. The molecule has 1 heterocycles. The van der Waals surface area contributed by atoms with Gasteiger partial charge in [-0.3, -0.25) is 5.10 Å². The molecule has 0 bridgehead atoms. The van der Waals surface area contributed by atoms with Gasteiger partial charge in [0.05, 0.1) is 41.1 Å². The summed E-state index contributed by atoms with van der Waals surface area (Å²) >= 11 is 0. The van der Waals surface area contributed by atoms with Crippen LogP contribution >= 0.6 is 0 Å². The van der Waals surface area contributed by atoms with Gasteiger partial charge in [0.25, 0.3) is 10.0 Å². The average molecular weight is 601 g/mol. The molecule has 0 spiro atoms. The maximum Gasteiger partial charge on any atom is 0.262 e. The molecular formula is C24H33IN4O4S. The van der Waals surface area contributed by atoms with Crippen LogP contribution in [0.4, 0.5) is 0 Å². The van der Waals surface area contributed by atoms with Crippen molar-refractivity contribution in [3.63, 3.8) is 0 Å². The summed E-state index contributed by atoms with van der Waals surface area (Å²) < 4.78 is 39.8. The summed E-state index contributed by atoms with van der Waals surface area (Å²) in [5.41, 5.74) is 2.47. The van der Waals surface area contributed by atoms with Crippen LogP contribution in [0.2, 0.25) is 0 Å². The highest BCUT2D eigenvalue weighted by Crippen LogP contribution is 2.26. The van der Waals surface area contributed by atoms with E-state index in [1.807, 2.05) is 55.5 Å². The molecule has 2 aromatic carbocycles. The molecule has 0 fully saturated rings. The number of hydrogen-bond donors (Lipinski definition) is 1. The number of hydrogen-bond acceptors (Lipinski definition) is 5. The van der Waals surface area contributed by atoms with Crippen molar-refractivity contribution in [3.8, 4) is 11.5 Å². The van der Waals surface area contributed by atoms with Gasteiger partial charge in [0.2, 0.25) is 0 Å². The molecule has 186 valence electrons. The van der Waals surface area contributed by atoms with Crippen LogP contribution in [0.15, 0.2) is 59.6 Å². The van der Waals surface area contributed by atoms with Crippen LogP contribution < -0.4 is 33.5 Å². The Morgan fingerprint density at radius 1 is 0.912 bits per heavy atom. The van der Waals surface area contributed by atoms with Gasteiger partial charge in [-0.15, -0.1) is 0 Å². The summed E-state index contributed by atoms with van der Waals surface area (Å²) in [4.78, 5) is 0. The highest BCUT2D eigenvalue weighted by molar-refractivity contribution is 7.89. The number of H-pyrrole nitrogens is 1. The average Bonchev–Trinajstić information content (AvgIpc) is 3.29. The van der Waals surface area contributed by atoms with Gasteiger partial charge in [-0.25, -0.2) is 8.42 Å². The number of aromatic amines is 1. The second-order valence-electron chi connectivity index (χ2n) is 8.92. The van der Waals surface area contributed by atoms with Crippen LogP contribution in [-0.4, -0.2) is 62.8 Å². The van der Waals surface area contributed by atoms with Crippen molar-refractivity contribution in [3.05, 3.63) is 71.4 Å². The molecule has 10 heteroatoms. The van der Waals surface area contributed by atoms with Gasteiger partial charge >= 0.3 is 0 Å². The number of nitrogens with one attached hydrogen (secondary N) is 1. The van der Waals surface area contributed by atoms with E-state index in [1.54, 1.807) is 20.3 Å². The first-order valence-electron chi connectivity index (χ1n) is 10.7. The van der Waals surface area contributed by atoms with Gasteiger partial charge in [0, 0.05) is 19.2 Å². The molecule has 8 nitrogen and oxygen atoms in total. The first-order valence-corrected chi connectivity index (χ1v) is 12.1. The third kappa shape index (κ3) is 6.71. The number of sulfonamides is 1. The lowest BCUT2D eigenvalue weighted by Gasteiger charge is -2.30. The van der Waals surface area contributed by atoms with E-state index in [2.05, 4.69) is 31.3 Å². The SMILES string of the molecule is COc1ccc(CN(Cc2ccc(OC)cc2)S(=O)(=O)c2cc(C(C)[N+](C)(C)C)[nH]n2)cc1.[I-]. The summed E-state index contributed by atoms with van der Waals surface area (Å²) in [5.74, 6) is 1.43. The Morgan fingerprint density at radius 2 is 1.35 bits per heavy atom. The van der Waals surface area contributed by atoms with Crippen LogP contribution in [-0.2, 0) is 23.1 Å². The van der Waals surface area contributed by atoms with E-state index in [1.165, 1.54) is 4.31 Å². The molecule has 3 aromatic rings. The smallest absolute Gasteiger partial charge is 0.262 e. The predicted octanol–water partition coefficient (Wildman–Crippen LogP) is 0.589. The molecule has 0 amide bonds. The Morgan fingerprint density at radius 3 is 1.74 bits per heavy atom. The Bertz CT molecular complexity index is 1110. The van der Waals surface area contributed by atoms with E-state index < -0.39 is 10.0 Å². The molecule has 34 heavy (non-hydrogen) atoms. The molecule has 1 N–H and O–H groups in total. The van der Waals surface area contributed by atoms with Crippen molar-refractivity contribution >= 4 is 10.0 Å². The lowest BCUT2D eigenvalue weighted by molar-refractivity contribution is -0.900. The van der Waals surface area contributed by atoms with E-state index in [4.69, 9.17) is 9.47 Å². The van der Waals surface area contributed by atoms with E-state index in [0.29, 0.717) is 4.48 Å². The quantitative estimate of drug-likeness (QED) is 0.272. The van der Waals surface area contributed by atoms with Gasteiger partial charge in [-0.05, 0) is 42.3 Å². The fourth-order valence-corrected chi connectivity index (χ4v) is 4.65. The molecular weight excluding hydrogens is 567 g/mol. The zero-order chi connectivity index (χ0) is 24.2. The van der Waals surface area contributed by atoms with Gasteiger partial charge in [-0.2, -0.15) is 9.40 Å². The van der Waals surface area contributed by atoms with E-state index >= 15 is 0 Å². The molecule has 0 aliphatic carbocycles. The minimum atomic E-state index is -3.87. The van der Waals surface area contributed by atoms with Crippen LogP contribution in [0, 0.1) is 0 Å². The van der Waals surface area contributed by atoms with Crippen LogP contribution in [0.1, 0.15) is 29.8 Å². The maximum atomic E-state index is 13.7. The molecule has 0 radical (unpaired) electrons. The third-order valence-corrected chi connectivity index (χ3v) is 7.50. The number of aromatic nitrogens is 2. The number of rotatable bonds is 10. The molecule has 0 aliphatic heterocycles. The second kappa shape index (κ2) is 11.5. The van der Waals surface area contributed by atoms with E-state index in [-0.39, 0.29) is 48.1 Å². The van der Waals surface area contributed by atoms with Crippen LogP contribution in [0.25, 0.3) is 0 Å². The monoisotopic (exact) mass is 600 g/mol. The lowest BCUT2D eigenvalue weighted by atomic mass is 10.2. The predicted molar refractivity (Wildman–Crippen MR) is 127 cm³/mol. The number of methoxy groups -OCH3 is 2. The van der Waals surface area contributed by atoms with Crippen molar-refractivity contribution in [2.24, 2.45) is 0 Å². The molecule has 1 unspecified atom stereocenters. The molecule has 3 rings (SSSR count). The Labute approximate surface area is 219 Å². The number of nitrogens with zero attached hydrogens (tertiary/aromatic N) is 3. The highest BCUT2D eigenvalue weighted by atomic mass is 127. The normalized spacial score (nSPS) is 12.8. The number of quaternary nitrogens is 1. The van der Waals surface area contributed by atoms with Crippen molar-refractivity contribution in [2.45, 2.75) is 31.1 Å². The third-order valence-electron chi connectivity index (χ3n) is 5.83. The summed E-state index contributed by atoms with van der Waals surface area (Å²) in [7, 11) is 5.50. The molecule has 0 aliphatic rings. The maximum absolute atomic E-state index is 13.7. The molecule has 0 saturated heterocycles. The largest absolute Gasteiger partial charge is 1.00 e. The Balaban J connectivity index is 0.00000408. The zero-order valence-corrected chi connectivity index (χ0v) is 23.4. The molecule has 1 aromatic heterocycles.